The molecule has 98 valence electrons. The number of rotatable bonds is 0. The van der Waals surface area contributed by atoms with Crippen LogP contribution in [0.4, 0.5) is 0 Å². The van der Waals surface area contributed by atoms with E-state index in [0.717, 1.165) is 11.1 Å². The summed E-state index contributed by atoms with van der Waals surface area (Å²) in [5.41, 5.74) is 2.91. The van der Waals surface area contributed by atoms with Gasteiger partial charge < -0.3 is 0 Å². The Bertz CT molecular complexity index is 706. The number of hydrogen-bond donors (Lipinski definition) is 0. The molecule has 4 aliphatic carbocycles. The van der Waals surface area contributed by atoms with E-state index in [9.17, 15) is 9.59 Å². The van der Waals surface area contributed by atoms with Gasteiger partial charge in [-0.05, 0) is 11.1 Å². The predicted molar refractivity (Wildman–Crippen MR) is 77.2 cm³/mol. The number of ketones is 2. The number of carbonyl (C=O) groups excluding carboxylic acids is 2. The molecule has 4 aliphatic rings. The van der Waals surface area contributed by atoms with Crippen LogP contribution in [-0.4, -0.2) is 11.6 Å². The van der Waals surface area contributed by atoms with Gasteiger partial charge in [-0.3, -0.25) is 9.59 Å². The second-order valence-electron chi connectivity index (χ2n) is 5.12. The number of hydrogen-bond acceptors (Lipinski definition) is 2. The van der Waals surface area contributed by atoms with Gasteiger partial charge in [-0.15, -0.1) is 0 Å². The fourth-order valence-electron chi connectivity index (χ4n) is 3.19. The van der Waals surface area contributed by atoms with Gasteiger partial charge in [0.1, 0.15) is 0 Å². The van der Waals surface area contributed by atoms with Crippen LogP contribution in [-0.2, 0) is 9.59 Å². The van der Waals surface area contributed by atoms with Crippen molar-refractivity contribution in [2.45, 2.75) is 0 Å². The smallest absolute Gasteiger partial charge is 0.187 e. The third-order valence-corrected chi connectivity index (χ3v) is 4.75. The first kappa shape index (κ1) is 12.1. The van der Waals surface area contributed by atoms with E-state index in [2.05, 4.69) is 0 Å². The number of carbonyl (C=O) groups is 2. The molecule has 0 spiro atoms. The molecular weight excluding hydrogens is 295 g/mol. The van der Waals surface area contributed by atoms with Gasteiger partial charge in [-0.25, -0.2) is 0 Å². The molecule has 0 saturated heterocycles. The van der Waals surface area contributed by atoms with E-state index in [1.807, 2.05) is 12.2 Å². The van der Waals surface area contributed by atoms with Crippen molar-refractivity contribution in [1.82, 2.24) is 0 Å². The molecule has 0 aromatic carbocycles. The minimum Gasteiger partial charge on any atom is -0.289 e. The van der Waals surface area contributed by atoms with E-state index in [1.54, 1.807) is 12.2 Å². The van der Waals surface area contributed by atoms with Gasteiger partial charge in [0.25, 0.3) is 0 Å². The predicted octanol–water partition coefficient (Wildman–Crippen LogP) is 3.36. The van der Waals surface area contributed by atoms with Crippen molar-refractivity contribution in [1.29, 1.82) is 0 Å². The maximum Gasteiger partial charge on any atom is 0.187 e. The summed E-state index contributed by atoms with van der Waals surface area (Å²) < 4.78 is 0. The zero-order valence-electron chi connectivity index (χ0n) is 10.2. The van der Waals surface area contributed by atoms with Crippen molar-refractivity contribution in [2.75, 3.05) is 0 Å². The molecule has 0 N–H and O–H groups in total. The Balaban J connectivity index is 2.03. The molecule has 0 saturated carbocycles. The van der Waals surface area contributed by atoms with Gasteiger partial charge in [0.2, 0.25) is 0 Å². The summed E-state index contributed by atoms with van der Waals surface area (Å²) in [7, 11) is 0. The summed E-state index contributed by atoms with van der Waals surface area (Å²) in [6, 6.07) is 0. The van der Waals surface area contributed by atoms with E-state index in [0.29, 0.717) is 21.2 Å². The van der Waals surface area contributed by atoms with Crippen LogP contribution in [0.5, 0.6) is 0 Å². The Hall–Kier alpha value is -1.64. The zero-order chi connectivity index (χ0) is 14.0. The summed E-state index contributed by atoms with van der Waals surface area (Å²) in [5, 5.41) is 0.979. The fraction of sp³-hybridized carbons (Fsp3) is 0.125. The molecule has 2 nitrogen and oxygen atoms in total. The van der Waals surface area contributed by atoms with Gasteiger partial charge in [-0.2, -0.15) is 0 Å². The molecule has 20 heavy (non-hydrogen) atoms. The van der Waals surface area contributed by atoms with Crippen LogP contribution < -0.4 is 0 Å². The average Bonchev–Trinajstić information content (AvgIpc) is 2.42. The highest BCUT2D eigenvalue weighted by Crippen LogP contribution is 2.50. The molecule has 0 heterocycles. The lowest BCUT2D eigenvalue weighted by Crippen LogP contribution is -2.29. The van der Waals surface area contributed by atoms with Crippen LogP contribution in [0.25, 0.3) is 0 Å². The molecule has 4 rings (SSSR count). The summed E-state index contributed by atoms with van der Waals surface area (Å²) >= 11 is 12.4. The van der Waals surface area contributed by atoms with Crippen LogP contribution in [0.15, 0.2) is 68.8 Å². The fourth-order valence-corrected chi connectivity index (χ4v) is 3.75. The number of halogens is 2. The van der Waals surface area contributed by atoms with E-state index in [1.165, 1.54) is 12.2 Å². The van der Waals surface area contributed by atoms with Gasteiger partial charge in [0.15, 0.2) is 11.6 Å². The van der Waals surface area contributed by atoms with Crippen molar-refractivity contribution in [3.05, 3.63) is 68.8 Å². The third kappa shape index (κ3) is 1.41. The van der Waals surface area contributed by atoms with Gasteiger partial charge in [0.05, 0.1) is 0 Å². The molecule has 2 atom stereocenters. The minimum atomic E-state index is -0.147. The Morgan fingerprint density at radius 1 is 0.750 bits per heavy atom. The molecular formula is C16H8Cl2O2. The van der Waals surface area contributed by atoms with Crippen molar-refractivity contribution in [3.63, 3.8) is 0 Å². The molecule has 0 fully saturated rings. The normalized spacial score (nSPS) is 30.5. The van der Waals surface area contributed by atoms with Gasteiger partial charge >= 0.3 is 0 Å². The lowest BCUT2D eigenvalue weighted by molar-refractivity contribution is -0.112. The highest BCUT2D eigenvalue weighted by atomic mass is 35.5. The van der Waals surface area contributed by atoms with Crippen LogP contribution >= 0.6 is 23.2 Å². The van der Waals surface area contributed by atoms with Crippen molar-refractivity contribution >= 4 is 34.8 Å². The Morgan fingerprint density at radius 3 is 1.55 bits per heavy atom. The summed E-state index contributed by atoms with van der Waals surface area (Å²) in [5.74, 6) is -0.524. The lowest BCUT2D eigenvalue weighted by atomic mass is 9.68. The number of allylic oxidation sites excluding steroid dienone is 12. The molecule has 0 unspecified atom stereocenters. The SMILES string of the molecule is O=C1C=C(Cl)[C@@H]2C=CC3=C4C2=C1C=C[C@H]4C(Cl)=CC3=O. The van der Waals surface area contributed by atoms with Crippen LogP contribution in [0.3, 0.4) is 0 Å². The Kier molecular flexibility index (Phi) is 2.39. The first-order chi connectivity index (χ1) is 9.58. The second kappa shape index (κ2) is 3.94. The summed E-state index contributed by atoms with van der Waals surface area (Å²) in [4.78, 5) is 24.2. The Labute approximate surface area is 125 Å². The molecule has 0 aromatic rings. The maximum absolute atomic E-state index is 12.1. The maximum atomic E-state index is 12.1. The third-order valence-electron chi connectivity index (χ3n) is 4.07. The van der Waals surface area contributed by atoms with Gasteiger partial charge in [-0.1, -0.05) is 47.5 Å². The molecule has 4 heteroatoms. The second-order valence-corrected chi connectivity index (χ2v) is 5.99. The van der Waals surface area contributed by atoms with E-state index < -0.39 is 0 Å². The molecule has 0 aliphatic heterocycles. The first-order valence-electron chi connectivity index (χ1n) is 6.26. The Morgan fingerprint density at radius 2 is 1.15 bits per heavy atom. The zero-order valence-corrected chi connectivity index (χ0v) is 11.7. The molecule has 0 aromatic heterocycles. The van der Waals surface area contributed by atoms with Gasteiger partial charge in [0, 0.05) is 45.2 Å². The van der Waals surface area contributed by atoms with Crippen LogP contribution in [0.1, 0.15) is 0 Å². The largest absolute Gasteiger partial charge is 0.289 e. The minimum absolute atomic E-state index is 0.115. The van der Waals surface area contributed by atoms with E-state index in [4.69, 9.17) is 23.2 Å². The highest BCUT2D eigenvalue weighted by molar-refractivity contribution is 6.35. The highest BCUT2D eigenvalue weighted by Gasteiger charge is 2.40. The van der Waals surface area contributed by atoms with Crippen molar-refractivity contribution in [2.24, 2.45) is 11.8 Å². The molecule has 0 amide bonds. The standard InChI is InChI=1S/C16H8Cl2O2/c17-11-5-14(20)10-4-2-8-12(18)6-13(19)9-3-1-7(11)15(10)16(8)9/h1-8H/t7-,8-/m0/s1. The quantitative estimate of drug-likeness (QED) is 0.687. The van der Waals surface area contributed by atoms with Crippen molar-refractivity contribution < 1.29 is 9.59 Å². The van der Waals surface area contributed by atoms with E-state index in [-0.39, 0.29) is 23.4 Å². The molecule has 0 radical (unpaired) electrons. The van der Waals surface area contributed by atoms with Crippen LogP contribution in [0, 0.1) is 11.8 Å². The van der Waals surface area contributed by atoms with Crippen molar-refractivity contribution in [3.8, 4) is 0 Å². The summed E-state index contributed by atoms with van der Waals surface area (Å²) in [6.45, 7) is 0. The van der Waals surface area contributed by atoms with Crippen LogP contribution in [0.2, 0.25) is 0 Å². The topological polar surface area (TPSA) is 34.1 Å². The average molecular weight is 303 g/mol. The first-order valence-corrected chi connectivity index (χ1v) is 7.01. The monoisotopic (exact) mass is 302 g/mol. The molecule has 0 bridgehead atoms. The summed E-state index contributed by atoms with van der Waals surface area (Å²) in [6.07, 6.45) is 10.2. The lowest BCUT2D eigenvalue weighted by Gasteiger charge is -2.36. The van der Waals surface area contributed by atoms with E-state index >= 15 is 0 Å².